The highest BCUT2D eigenvalue weighted by Gasteiger charge is 2.18. The minimum Gasteiger partial charge on any atom is -0.356 e. The van der Waals surface area contributed by atoms with Gasteiger partial charge in [0.15, 0.2) is 11.2 Å². The van der Waals surface area contributed by atoms with Crippen molar-refractivity contribution in [2.24, 2.45) is 14.1 Å². The summed E-state index contributed by atoms with van der Waals surface area (Å²) in [6.07, 6.45) is 1.79. The Hall–Kier alpha value is -2.02. The molecule has 0 saturated heterocycles. The SMILES string of the molecule is CCNc1nc2c(c(=O)n(C)c(=O)n2C)n1C/C=C(/C)Cl. The summed E-state index contributed by atoms with van der Waals surface area (Å²) in [7, 11) is 3.05. The average molecular weight is 312 g/mol. The van der Waals surface area contributed by atoms with Gasteiger partial charge in [-0.15, -0.1) is 0 Å². The summed E-state index contributed by atoms with van der Waals surface area (Å²) in [5.74, 6) is 0.542. The molecule has 114 valence electrons. The van der Waals surface area contributed by atoms with Gasteiger partial charge in [-0.25, -0.2) is 4.79 Å². The quantitative estimate of drug-likeness (QED) is 0.914. The first-order chi connectivity index (χ1) is 9.88. The van der Waals surface area contributed by atoms with Gasteiger partial charge in [-0.2, -0.15) is 4.98 Å². The van der Waals surface area contributed by atoms with Crippen molar-refractivity contribution in [1.82, 2.24) is 18.7 Å². The van der Waals surface area contributed by atoms with E-state index in [1.54, 1.807) is 24.6 Å². The van der Waals surface area contributed by atoms with Crippen LogP contribution in [0, 0.1) is 0 Å². The standard InChI is InChI=1S/C13H18ClN5O2/c1-5-15-12-16-10-9(19(12)7-6-8(2)14)11(20)18(4)13(21)17(10)3/h6H,5,7H2,1-4H3,(H,15,16)/b8-6-. The van der Waals surface area contributed by atoms with Crippen molar-refractivity contribution < 1.29 is 0 Å². The first-order valence-corrected chi connectivity index (χ1v) is 6.98. The van der Waals surface area contributed by atoms with E-state index in [0.717, 1.165) is 4.57 Å². The lowest BCUT2D eigenvalue weighted by Crippen LogP contribution is -2.37. The molecule has 0 aromatic carbocycles. The number of allylic oxidation sites excluding steroid dienone is 2. The predicted octanol–water partition coefficient (Wildman–Crippen LogP) is 1.01. The van der Waals surface area contributed by atoms with Crippen molar-refractivity contribution in [3.8, 4) is 0 Å². The van der Waals surface area contributed by atoms with Gasteiger partial charge >= 0.3 is 5.69 Å². The van der Waals surface area contributed by atoms with E-state index in [2.05, 4.69) is 10.3 Å². The highest BCUT2D eigenvalue weighted by Crippen LogP contribution is 2.16. The first-order valence-electron chi connectivity index (χ1n) is 6.60. The molecule has 0 radical (unpaired) electrons. The Balaban J connectivity index is 2.85. The van der Waals surface area contributed by atoms with Gasteiger partial charge in [0.25, 0.3) is 5.56 Å². The van der Waals surface area contributed by atoms with Crippen molar-refractivity contribution in [2.45, 2.75) is 20.4 Å². The molecule has 0 amide bonds. The number of anilines is 1. The van der Waals surface area contributed by atoms with E-state index in [1.807, 2.05) is 6.92 Å². The molecule has 8 heteroatoms. The largest absolute Gasteiger partial charge is 0.356 e. The van der Waals surface area contributed by atoms with Gasteiger partial charge in [0.2, 0.25) is 5.95 Å². The number of rotatable bonds is 4. The van der Waals surface area contributed by atoms with Crippen LogP contribution in [0.15, 0.2) is 20.7 Å². The number of imidazole rings is 1. The lowest BCUT2D eigenvalue weighted by molar-refractivity contribution is 0.703. The van der Waals surface area contributed by atoms with Crippen LogP contribution in [0.1, 0.15) is 13.8 Å². The minimum atomic E-state index is -0.399. The molecule has 0 bridgehead atoms. The fourth-order valence-electron chi connectivity index (χ4n) is 2.13. The molecule has 0 saturated carbocycles. The zero-order valence-electron chi connectivity index (χ0n) is 12.5. The number of halogens is 1. The summed E-state index contributed by atoms with van der Waals surface area (Å²) < 4.78 is 4.17. The van der Waals surface area contributed by atoms with Gasteiger partial charge in [-0.1, -0.05) is 17.7 Å². The second-order valence-electron chi connectivity index (χ2n) is 4.75. The molecule has 0 aliphatic carbocycles. The molecule has 2 aromatic rings. The van der Waals surface area contributed by atoms with Crippen molar-refractivity contribution in [3.05, 3.63) is 31.9 Å². The maximum absolute atomic E-state index is 12.4. The van der Waals surface area contributed by atoms with Crippen molar-refractivity contribution in [2.75, 3.05) is 11.9 Å². The number of aromatic nitrogens is 4. The molecule has 1 N–H and O–H groups in total. The van der Waals surface area contributed by atoms with Crippen LogP contribution in [0.25, 0.3) is 11.2 Å². The van der Waals surface area contributed by atoms with Gasteiger partial charge in [0.05, 0.1) is 0 Å². The van der Waals surface area contributed by atoms with E-state index < -0.39 is 5.69 Å². The topological polar surface area (TPSA) is 73.8 Å². The second kappa shape index (κ2) is 5.77. The van der Waals surface area contributed by atoms with Crippen LogP contribution in [-0.2, 0) is 20.6 Å². The Labute approximate surface area is 126 Å². The van der Waals surface area contributed by atoms with E-state index in [9.17, 15) is 9.59 Å². The van der Waals surface area contributed by atoms with Crippen LogP contribution in [0.5, 0.6) is 0 Å². The summed E-state index contributed by atoms with van der Waals surface area (Å²) >= 11 is 5.87. The zero-order valence-corrected chi connectivity index (χ0v) is 13.2. The lowest BCUT2D eigenvalue weighted by atomic mass is 10.4. The van der Waals surface area contributed by atoms with Crippen LogP contribution in [0.4, 0.5) is 5.95 Å². The molecule has 0 fully saturated rings. The van der Waals surface area contributed by atoms with Crippen molar-refractivity contribution >= 4 is 28.7 Å². The third-order valence-corrected chi connectivity index (χ3v) is 3.39. The van der Waals surface area contributed by atoms with E-state index in [-0.39, 0.29) is 5.56 Å². The molecule has 0 aliphatic rings. The molecule has 7 nitrogen and oxygen atoms in total. The minimum absolute atomic E-state index is 0.361. The summed E-state index contributed by atoms with van der Waals surface area (Å²) in [5.41, 5.74) is -0.0287. The third-order valence-electron chi connectivity index (χ3n) is 3.24. The second-order valence-corrected chi connectivity index (χ2v) is 5.34. The number of aryl methyl sites for hydroxylation is 1. The van der Waals surface area contributed by atoms with E-state index in [0.29, 0.717) is 35.2 Å². The Morgan fingerprint density at radius 1 is 1.33 bits per heavy atom. The number of nitrogens with zero attached hydrogens (tertiary/aromatic N) is 4. The van der Waals surface area contributed by atoms with Crippen molar-refractivity contribution in [3.63, 3.8) is 0 Å². The predicted molar refractivity (Wildman–Crippen MR) is 84.0 cm³/mol. The molecular weight excluding hydrogens is 294 g/mol. The molecule has 2 aromatic heterocycles. The van der Waals surface area contributed by atoms with Gasteiger partial charge in [0, 0.05) is 32.2 Å². The number of hydrogen-bond acceptors (Lipinski definition) is 4. The first kappa shape index (κ1) is 15.4. The van der Waals surface area contributed by atoms with Crippen LogP contribution in [-0.4, -0.2) is 25.2 Å². The van der Waals surface area contributed by atoms with Crippen LogP contribution < -0.4 is 16.6 Å². The summed E-state index contributed by atoms with van der Waals surface area (Å²) in [6, 6.07) is 0. The normalized spacial score (nSPS) is 12.1. The molecule has 21 heavy (non-hydrogen) atoms. The van der Waals surface area contributed by atoms with Crippen LogP contribution >= 0.6 is 11.6 Å². The van der Waals surface area contributed by atoms with E-state index >= 15 is 0 Å². The Morgan fingerprint density at radius 2 is 2.00 bits per heavy atom. The summed E-state index contributed by atoms with van der Waals surface area (Å²) in [6.45, 7) is 4.76. The number of fused-ring (bicyclic) bond motifs is 1. The fourth-order valence-corrected chi connectivity index (χ4v) is 2.20. The Bertz CT molecular complexity index is 824. The smallest absolute Gasteiger partial charge is 0.332 e. The van der Waals surface area contributed by atoms with Crippen LogP contribution in [0.3, 0.4) is 0 Å². The van der Waals surface area contributed by atoms with Crippen LogP contribution in [0.2, 0.25) is 0 Å². The van der Waals surface area contributed by atoms with Gasteiger partial charge in [0.1, 0.15) is 0 Å². The summed E-state index contributed by atoms with van der Waals surface area (Å²) in [4.78, 5) is 28.7. The maximum atomic E-state index is 12.4. The lowest BCUT2D eigenvalue weighted by Gasteiger charge is -2.07. The van der Waals surface area contributed by atoms with Crippen molar-refractivity contribution in [1.29, 1.82) is 0 Å². The fraction of sp³-hybridized carbons (Fsp3) is 0.462. The molecular formula is C13H18ClN5O2. The molecule has 0 spiro atoms. The third kappa shape index (κ3) is 2.61. The maximum Gasteiger partial charge on any atom is 0.332 e. The van der Waals surface area contributed by atoms with Gasteiger partial charge < -0.3 is 9.88 Å². The molecule has 0 aliphatic heterocycles. The monoisotopic (exact) mass is 311 g/mol. The number of nitrogens with one attached hydrogen (secondary N) is 1. The summed E-state index contributed by atoms with van der Waals surface area (Å²) in [5, 5.41) is 3.72. The van der Waals surface area contributed by atoms with Gasteiger partial charge in [-0.3, -0.25) is 13.9 Å². The Morgan fingerprint density at radius 3 is 2.57 bits per heavy atom. The molecule has 2 rings (SSSR count). The van der Waals surface area contributed by atoms with Gasteiger partial charge in [-0.05, 0) is 13.8 Å². The molecule has 2 heterocycles. The zero-order chi connectivity index (χ0) is 15.7. The highest BCUT2D eigenvalue weighted by atomic mass is 35.5. The molecule has 0 atom stereocenters. The Kier molecular flexibility index (Phi) is 4.22. The average Bonchev–Trinajstić information content (AvgIpc) is 2.79. The van der Waals surface area contributed by atoms with E-state index in [4.69, 9.17) is 11.6 Å². The highest BCUT2D eigenvalue weighted by molar-refractivity contribution is 6.29. The molecule has 0 unspecified atom stereocenters. The number of hydrogen-bond donors (Lipinski definition) is 1. The van der Waals surface area contributed by atoms with E-state index in [1.165, 1.54) is 11.6 Å².